The van der Waals surface area contributed by atoms with Gasteiger partial charge in [0.25, 0.3) is 0 Å². The molecule has 0 aliphatic carbocycles. The second-order valence-corrected chi connectivity index (χ2v) is 7.51. The highest BCUT2D eigenvalue weighted by Crippen LogP contribution is 2.14. The Bertz CT molecular complexity index is 360. The van der Waals surface area contributed by atoms with Crippen molar-refractivity contribution in [2.45, 2.75) is 109 Å². The molecule has 0 aromatic heterocycles. The zero-order valence-corrected chi connectivity index (χ0v) is 16.4. The maximum atomic E-state index is 8.60. The maximum Gasteiger partial charge on any atom is 0.0799 e. The lowest BCUT2D eigenvalue weighted by atomic mass is 10.0. The van der Waals surface area contributed by atoms with Crippen LogP contribution in [0.4, 0.5) is 0 Å². The molecule has 1 nitrogen and oxygen atoms in total. The number of aliphatic hydroxyl groups is 1. The van der Waals surface area contributed by atoms with Gasteiger partial charge in [0.1, 0.15) is 0 Å². The molecule has 25 heavy (non-hydrogen) atoms. The molecule has 0 aliphatic rings. The minimum Gasteiger partial charge on any atom is -0.390 e. The van der Waals surface area contributed by atoms with Gasteiger partial charge < -0.3 is 5.11 Å². The molecule has 1 aromatic carbocycles. The summed E-state index contributed by atoms with van der Waals surface area (Å²) >= 11 is 0. The van der Waals surface area contributed by atoms with Crippen molar-refractivity contribution < 1.29 is 5.11 Å². The van der Waals surface area contributed by atoms with E-state index in [1.165, 1.54) is 108 Å². The van der Waals surface area contributed by atoms with Gasteiger partial charge >= 0.3 is 0 Å². The summed E-state index contributed by atoms with van der Waals surface area (Å²) in [5, 5.41) is 8.60. The molecule has 1 radical (unpaired) electrons. The van der Waals surface area contributed by atoms with Crippen LogP contribution < -0.4 is 0 Å². The molecule has 0 amide bonds. The van der Waals surface area contributed by atoms with E-state index in [1.807, 2.05) is 0 Å². The molecule has 0 spiro atoms. The molecule has 1 heteroatoms. The summed E-state index contributed by atoms with van der Waals surface area (Å²) in [5.74, 6) is 0. The predicted molar refractivity (Wildman–Crippen MR) is 110 cm³/mol. The van der Waals surface area contributed by atoms with Crippen LogP contribution in [0.25, 0.3) is 0 Å². The number of benzene rings is 1. The maximum absolute atomic E-state index is 8.60. The third-order valence-electron chi connectivity index (χ3n) is 5.14. The Morgan fingerprint density at radius 3 is 1.36 bits per heavy atom. The lowest BCUT2D eigenvalue weighted by Crippen LogP contribution is -1.86. The molecular formula is C24H41O. The zero-order valence-electron chi connectivity index (χ0n) is 16.4. The first-order valence-corrected chi connectivity index (χ1v) is 10.9. The van der Waals surface area contributed by atoms with Crippen molar-refractivity contribution in [1.82, 2.24) is 0 Å². The number of aryl methyl sites for hydroxylation is 1. The van der Waals surface area contributed by atoms with Gasteiger partial charge in [-0.2, -0.15) is 0 Å². The Hall–Kier alpha value is -0.820. The Kier molecular flexibility index (Phi) is 16.0. The monoisotopic (exact) mass is 345 g/mol. The van der Waals surface area contributed by atoms with E-state index in [-0.39, 0.29) is 0 Å². The molecule has 0 atom stereocenters. The van der Waals surface area contributed by atoms with E-state index in [4.69, 9.17) is 5.11 Å². The van der Waals surface area contributed by atoms with Crippen LogP contribution >= 0.6 is 0 Å². The van der Waals surface area contributed by atoms with E-state index in [9.17, 15) is 0 Å². The number of hydrogen-bond acceptors (Lipinski definition) is 1. The summed E-state index contributed by atoms with van der Waals surface area (Å²) in [6.07, 6.45) is 22.9. The average Bonchev–Trinajstić information content (AvgIpc) is 2.65. The van der Waals surface area contributed by atoms with Gasteiger partial charge in [-0.25, -0.2) is 0 Å². The van der Waals surface area contributed by atoms with E-state index in [2.05, 4.69) is 30.3 Å². The first-order chi connectivity index (χ1) is 12.4. The van der Waals surface area contributed by atoms with Crippen molar-refractivity contribution in [3.8, 4) is 0 Å². The number of rotatable bonds is 18. The van der Waals surface area contributed by atoms with Gasteiger partial charge in [0.15, 0.2) is 0 Å². The molecule has 1 aromatic rings. The average molecular weight is 346 g/mol. The van der Waals surface area contributed by atoms with Crippen LogP contribution in [-0.2, 0) is 6.42 Å². The summed E-state index contributed by atoms with van der Waals surface area (Å²) in [6, 6.07) is 10.9. The van der Waals surface area contributed by atoms with Crippen LogP contribution in [0.5, 0.6) is 0 Å². The Balaban J connectivity index is 1.69. The third-order valence-corrected chi connectivity index (χ3v) is 5.14. The lowest BCUT2D eigenvalue weighted by molar-refractivity contribution is 0.367. The van der Waals surface area contributed by atoms with E-state index in [1.54, 1.807) is 0 Å². The van der Waals surface area contributed by atoms with Crippen molar-refractivity contribution in [1.29, 1.82) is 0 Å². The Morgan fingerprint density at radius 1 is 0.520 bits per heavy atom. The summed E-state index contributed by atoms with van der Waals surface area (Å²) in [5.41, 5.74) is 1.49. The quantitative estimate of drug-likeness (QED) is 0.267. The van der Waals surface area contributed by atoms with Gasteiger partial charge in [-0.05, 0) is 24.8 Å². The van der Waals surface area contributed by atoms with Gasteiger partial charge in [-0.15, -0.1) is 0 Å². The van der Waals surface area contributed by atoms with Crippen molar-refractivity contribution in [3.63, 3.8) is 0 Å². The fourth-order valence-corrected chi connectivity index (χ4v) is 3.51. The van der Waals surface area contributed by atoms with Gasteiger partial charge in [-0.3, -0.25) is 0 Å². The summed E-state index contributed by atoms with van der Waals surface area (Å²) < 4.78 is 0. The smallest absolute Gasteiger partial charge is 0.0799 e. The van der Waals surface area contributed by atoms with Crippen LogP contribution in [0.2, 0.25) is 0 Å². The fraction of sp³-hybridized carbons (Fsp3) is 0.708. The normalized spacial score (nSPS) is 11.1. The molecule has 1 rings (SSSR count). The van der Waals surface area contributed by atoms with Crippen LogP contribution in [0.1, 0.15) is 108 Å². The molecular weight excluding hydrogens is 304 g/mol. The molecule has 0 fully saturated rings. The molecule has 1 N–H and O–H groups in total. The van der Waals surface area contributed by atoms with Crippen LogP contribution in [-0.4, -0.2) is 5.11 Å². The predicted octanol–water partition coefficient (Wildman–Crippen LogP) is 8.00. The second-order valence-electron chi connectivity index (χ2n) is 7.51. The van der Waals surface area contributed by atoms with E-state index in [0.29, 0.717) is 0 Å². The Labute approximate surface area is 157 Å². The lowest BCUT2D eigenvalue weighted by Gasteiger charge is -2.04. The van der Waals surface area contributed by atoms with Gasteiger partial charge in [0.2, 0.25) is 0 Å². The molecule has 0 unspecified atom stereocenters. The van der Waals surface area contributed by atoms with Crippen molar-refractivity contribution in [3.05, 3.63) is 42.5 Å². The summed E-state index contributed by atoms with van der Waals surface area (Å²) in [4.78, 5) is 0. The minimum absolute atomic E-state index is 0.868. The zero-order chi connectivity index (χ0) is 17.8. The summed E-state index contributed by atoms with van der Waals surface area (Å²) in [6.45, 7) is 1.30. The highest BCUT2D eigenvalue weighted by Gasteiger charge is 1.95. The minimum atomic E-state index is 0.868. The number of hydrogen-bond donors (Lipinski definition) is 1. The van der Waals surface area contributed by atoms with Gasteiger partial charge in [0.05, 0.1) is 6.61 Å². The number of aliphatic hydroxyl groups excluding tert-OH is 1. The van der Waals surface area contributed by atoms with E-state index in [0.717, 1.165) is 12.8 Å². The van der Waals surface area contributed by atoms with E-state index < -0.39 is 0 Å². The standard InChI is InChI=1S/C24H41O/c25-23-19-14-12-10-8-6-4-2-1-3-5-7-9-11-13-16-20-24-21-17-15-18-22-24/h15,17-18,21-23,25H,1-14,16,19-20H2. The highest BCUT2D eigenvalue weighted by atomic mass is 16.2. The topological polar surface area (TPSA) is 20.2 Å². The Morgan fingerprint density at radius 2 is 0.920 bits per heavy atom. The van der Waals surface area contributed by atoms with Crippen LogP contribution in [0.15, 0.2) is 30.3 Å². The molecule has 0 aliphatic heterocycles. The van der Waals surface area contributed by atoms with Crippen LogP contribution in [0.3, 0.4) is 0 Å². The van der Waals surface area contributed by atoms with E-state index >= 15 is 0 Å². The largest absolute Gasteiger partial charge is 0.390 e. The molecule has 0 bridgehead atoms. The third kappa shape index (κ3) is 15.2. The SMILES string of the molecule is O[CH]CCCCCCCCCCCCCCCCCc1ccccc1. The second kappa shape index (κ2) is 18.0. The van der Waals surface area contributed by atoms with Crippen molar-refractivity contribution >= 4 is 0 Å². The first-order valence-electron chi connectivity index (χ1n) is 10.9. The molecule has 143 valence electrons. The molecule has 0 saturated heterocycles. The molecule has 0 saturated carbocycles. The highest BCUT2D eigenvalue weighted by molar-refractivity contribution is 5.14. The van der Waals surface area contributed by atoms with Crippen molar-refractivity contribution in [2.24, 2.45) is 0 Å². The van der Waals surface area contributed by atoms with Crippen molar-refractivity contribution in [2.75, 3.05) is 0 Å². The fourth-order valence-electron chi connectivity index (χ4n) is 3.51. The molecule has 0 heterocycles. The number of unbranched alkanes of at least 4 members (excludes halogenated alkanes) is 15. The summed E-state index contributed by atoms with van der Waals surface area (Å²) in [7, 11) is 0. The van der Waals surface area contributed by atoms with Gasteiger partial charge in [0, 0.05) is 0 Å². The first kappa shape index (κ1) is 22.2. The van der Waals surface area contributed by atoms with Crippen LogP contribution in [0, 0.1) is 6.61 Å². The van der Waals surface area contributed by atoms with Gasteiger partial charge in [-0.1, -0.05) is 120 Å².